The van der Waals surface area contributed by atoms with E-state index in [1.54, 1.807) is 0 Å². The zero-order chi connectivity index (χ0) is 74.6. The quantitative estimate of drug-likeness (QED) is 0.0169. The highest BCUT2D eigenvalue weighted by atomic mass is 31.2. The monoisotopic (exact) mass is 1480 g/mol. The van der Waals surface area contributed by atoms with Crippen molar-refractivity contribution in [3.63, 3.8) is 0 Å². The van der Waals surface area contributed by atoms with Crippen molar-refractivity contribution in [2.24, 2.45) is 0 Å². The van der Waals surface area contributed by atoms with Crippen LogP contribution in [-0.4, -0.2) is 96.7 Å². The fourth-order valence-corrected chi connectivity index (χ4v) is 12.7. The molecule has 19 heteroatoms. The number of hydrogen-bond acceptors (Lipinski definition) is 15. The second-order valence-electron chi connectivity index (χ2n) is 27.3. The summed E-state index contributed by atoms with van der Waals surface area (Å²) in [5, 5.41) is 10.6. The molecule has 0 amide bonds. The number of aliphatic hydroxyl groups is 1. The molecule has 0 saturated heterocycles. The molecule has 3 N–H and O–H groups in total. The summed E-state index contributed by atoms with van der Waals surface area (Å²) in [5.41, 5.74) is 0. The molecule has 0 spiro atoms. The predicted molar refractivity (Wildman–Crippen MR) is 418 cm³/mol. The van der Waals surface area contributed by atoms with Gasteiger partial charge in [-0.2, -0.15) is 0 Å². The number of ether oxygens (including phenoxy) is 4. The summed E-state index contributed by atoms with van der Waals surface area (Å²) in [6, 6.07) is 0. The molecule has 0 aliphatic heterocycles. The summed E-state index contributed by atoms with van der Waals surface area (Å²) in [6.07, 6.45) is 78.4. The average molecular weight is 1480 g/mol. The van der Waals surface area contributed by atoms with Crippen LogP contribution in [0.25, 0.3) is 0 Å². The van der Waals surface area contributed by atoms with Crippen molar-refractivity contribution < 1.29 is 80.2 Å². The second kappa shape index (κ2) is 75.5. The van der Waals surface area contributed by atoms with Gasteiger partial charge in [0, 0.05) is 25.7 Å². The van der Waals surface area contributed by atoms with Crippen molar-refractivity contribution in [2.75, 3.05) is 39.6 Å². The lowest BCUT2D eigenvalue weighted by molar-refractivity contribution is -0.161. The molecule has 0 bridgehead atoms. The average Bonchev–Trinajstić information content (AvgIpc) is 0.927. The van der Waals surface area contributed by atoms with Gasteiger partial charge < -0.3 is 33.8 Å². The minimum atomic E-state index is -4.98. The lowest BCUT2D eigenvalue weighted by Gasteiger charge is -2.21. The summed E-state index contributed by atoms with van der Waals surface area (Å²) in [6.45, 7) is 4.75. The Morgan fingerprint density at radius 1 is 0.284 bits per heavy atom. The van der Waals surface area contributed by atoms with Crippen LogP contribution in [0.1, 0.15) is 362 Å². The summed E-state index contributed by atoms with van der Waals surface area (Å²) in [4.78, 5) is 73.0. The third kappa shape index (κ3) is 74.5. The smallest absolute Gasteiger partial charge is 0.462 e. The van der Waals surface area contributed by atoms with Gasteiger partial charge in [0.1, 0.15) is 19.3 Å². The number of esters is 4. The molecule has 102 heavy (non-hydrogen) atoms. The van der Waals surface area contributed by atoms with Crippen LogP contribution in [0.2, 0.25) is 0 Å². The van der Waals surface area contributed by atoms with Crippen LogP contribution >= 0.6 is 15.6 Å². The summed E-state index contributed by atoms with van der Waals surface area (Å²) < 4.78 is 68.6. The summed E-state index contributed by atoms with van der Waals surface area (Å²) >= 11 is 0. The molecule has 0 aromatic heterocycles. The fourth-order valence-electron chi connectivity index (χ4n) is 11.1. The largest absolute Gasteiger partial charge is 0.472 e. The van der Waals surface area contributed by atoms with E-state index in [4.69, 9.17) is 37.0 Å². The van der Waals surface area contributed by atoms with E-state index >= 15 is 0 Å². The first kappa shape index (κ1) is 98.2. The number of hydrogen-bond donors (Lipinski definition) is 3. The molecule has 0 fully saturated rings. The van der Waals surface area contributed by atoms with Crippen LogP contribution in [-0.2, 0) is 65.4 Å². The van der Waals surface area contributed by atoms with Gasteiger partial charge in [-0.3, -0.25) is 37.3 Å². The molecule has 5 unspecified atom stereocenters. The Morgan fingerprint density at radius 2 is 0.510 bits per heavy atom. The maximum atomic E-state index is 13.1. The number of rotatable bonds is 77. The topological polar surface area (TPSA) is 237 Å². The van der Waals surface area contributed by atoms with Crippen molar-refractivity contribution in [2.45, 2.75) is 380 Å². The minimum absolute atomic E-state index is 0.0818. The highest BCUT2D eigenvalue weighted by Crippen LogP contribution is 2.45. The molecule has 592 valence electrons. The van der Waals surface area contributed by atoms with E-state index in [2.05, 4.69) is 113 Å². The van der Waals surface area contributed by atoms with E-state index in [-0.39, 0.29) is 25.7 Å². The maximum Gasteiger partial charge on any atom is 0.472 e. The molecule has 0 aromatic rings. The van der Waals surface area contributed by atoms with Crippen molar-refractivity contribution in [3.05, 3.63) is 85.1 Å². The summed E-state index contributed by atoms with van der Waals surface area (Å²) in [7, 11) is -9.95. The van der Waals surface area contributed by atoms with Crippen LogP contribution in [0.15, 0.2) is 85.1 Å². The first-order chi connectivity index (χ1) is 49.7. The van der Waals surface area contributed by atoms with Crippen LogP contribution in [0, 0.1) is 0 Å². The molecule has 0 aliphatic rings. The zero-order valence-electron chi connectivity index (χ0n) is 64.8. The van der Waals surface area contributed by atoms with Gasteiger partial charge in [-0.1, -0.05) is 299 Å². The van der Waals surface area contributed by atoms with Gasteiger partial charge in [-0.25, -0.2) is 9.13 Å². The molecule has 0 saturated carbocycles. The Kier molecular flexibility index (Phi) is 72.7. The lowest BCUT2D eigenvalue weighted by atomic mass is 10.1. The van der Waals surface area contributed by atoms with Gasteiger partial charge >= 0.3 is 39.5 Å². The van der Waals surface area contributed by atoms with Crippen LogP contribution in [0.5, 0.6) is 0 Å². The van der Waals surface area contributed by atoms with E-state index in [1.165, 1.54) is 96.3 Å². The van der Waals surface area contributed by atoms with E-state index in [9.17, 15) is 43.2 Å². The van der Waals surface area contributed by atoms with Crippen LogP contribution in [0.4, 0.5) is 0 Å². The number of aliphatic hydroxyl groups excluding tert-OH is 1. The third-order valence-corrected chi connectivity index (χ3v) is 19.2. The second-order valence-corrected chi connectivity index (χ2v) is 30.2. The number of carbonyl (C=O) groups excluding carboxylic acids is 4. The number of carbonyl (C=O) groups is 4. The Bertz CT molecular complexity index is 2260. The van der Waals surface area contributed by atoms with Crippen molar-refractivity contribution in [3.8, 4) is 0 Å². The molecule has 0 heterocycles. The number of phosphoric ester groups is 2. The first-order valence-electron chi connectivity index (χ1n) is 40.8. The highest BCUT2D eigenvalue weighted by Gasteiger charge is 2.30. The van der Waals surface area contributed by atoms with Crippen molar-refractivity contribution in [1.29, 1.82) is 0 Å². The van der Waals surface area contributed by atoms with Crippen LogP contribution in [0.3, 0.4) is 0 Å². The molecule has 0 aliphatic carbocycles. The van der Waals surface area contributed by atoms with E-state index in [0.717, 1.165) is 186 Å². The van der Waals surface area contributed by atoms with Gasteiger partial charge in [0.05, 0.1) is 26.4 Å². The number of unbranched alkanes of at least 4 members (excludes halogenated alkanes) is 37. The van der Waals surface area contributed by atoms with E-state index in [1.807, 2.05) is 0 Å². The Labute approximate surface area is 621 Å². The first-order valence-corrected chi connectivity index (χ1v) is 43.8. The van der Waals surface area contributed by atoms with Gasteiger partial charge in [0.15, 0.2) is 12.2 Å². The fraction of sp³-hybridized carbons (Fsp3) is 0.783. The third-order valence-electron chi connectivity index (χ3n) is 17.3. The van der Waals surface area contributed by atoms with Gasteiger partial charge in [-0.05, 0) is 122 Å². The maximum absolute atomic E-state index is 13.1. The standard InChI is InChI=1S/C83H148O17P2/c1-5-9-13-17-21-25-29-32-35-37-38-40-42-45-49-52-56-60-64-68-81(86)94-74-79(100-83(88)70-66-62-58-54-50-46-43-39-36-33-30-26-22-18-14-10-6-2)76-98-102(91,92)96-72-77(84)71-95-101(89,90)97-75-78(99-82(87)69-65-61-57-53-47-28-24-20-16-12-8-4)73-93-80(85)67-63-59-55-51-48-44-41-34-31-27-23-19-15-11-7-3/h10,14,21-22,25-26,32-36,38,40-41,77-79,84H,5-9,11-13,15-20,23-24,27-31,37,39,42-76H2,1-4H3,(H,89,90)(H,91,92)/b14-10-,25-21-,26-22-,35-32-,36-33-,40-38-,41-34-. The Hall–Kier alpha value is -3.76. The molecule has 5 atom stereocenters. The number of phosphoric acid groups is 2. The van der Waals surface area contributed by atoms with Crippen molar-refractivity contribution in [1.82, 2.24) is 0 Å². The Morgan fingerprint density at radius 3 is 0.814 bits per heavy atom. The van der Waals surface area contributed by atoms with Gasteiger partial charge in [-0.15, -0.1) is 0 Å². The Balaban J connectivity index is 5.33. The highest BCUT2D eigenvalue weighted by molar-refractivity contribution is 7.47. The van der Waals surface area contributed by atoms with Crippen LogP contribution < -0.4 is 0 Å². The normalized spacial score (nSPS) is 14.3. The predicted octanol–water partition coefficient (Wildman–Crippen LogP) is 23.8. The van der Waals surface area contributed by atoms with E-state index in [0.29, 0.717) is 25.7 Å². The SMILES string of the molecule is CC/C=C\C/C=C\C/C=C\CCCCCCCCCC(=O)OC(COC(=O)CCCCCCCC/C=C\C/C=C\C/C=C\CCCCC)COP(=O)(O)OCC(O)COP(=O)(O)OCC(COC(=O)CCCCCCC/C=C\CCCCCCCC)OC(=O)CCCCCCCCCCCCC. The zero-order valence-corrected chi connectivity index (χ0v) is 66.6. The molecule has 17 nitrogen and oxygen atoms in total. The molecule has 0 radical (unpaired) electrons. The molecule has 0 aromatic carbocycles. The van der Waals surface area contributed by atoms with Crippen molar-refractivity contribution >= 4 is 39.5 Å². The molecular formula is C83H148O17P2. The number of allylic oxidation sites excluding steroid dienone is 14. The lowest BCUT2D eigenvalue weighted by Crippen LogP contribution is -2.30. The molecular weight excluding hydrogens is 1330 g/mol. The molecule has 0 rings (SSSR count). The summed E-state index contributed by atoms with van der Waals surface area (Å²) in [5.74, 6) is -2.18. The van der Waals surface area contributed by atoms with Gasteiger partial charge in [0.25, 0.3) is 0 Å². The minimum Gasteiger partial charge on any atom is -0.462 e. The van der Waals surface area contributed by atoms with Gasteiger partial charge in [0.2, 0.25) is 0 Å². The van der Waals surface area contributed by atoms with E-state index < -0.39 is 97.5 Å².